The van der Waals surface area contributed by atoms with Crippen molar-refractivity contribution >= 4 is 22.6 Å². The Morgan fingerprint density at radius 2 is 1.95 bits per heavy atom. The third-order valence-electron chi connectivity index (χ3n) is 3.72. The summed E-state index contributed by atoms with van der Waals surface area (Å²) in [7, 11) is 0. The first-order chi connectivity index (χ1) is 10.1. The Bertz CT molecular complexity index is 872. The zero-order chi connectivity index (χ0) is 15.0. The van der Waals surface area contributed by atoms with E-state index >= 15 is 0 Å². The quantitative estimate of drug-likeness (QED) is 0.663. The van der Waals surface area contributed by atoms with Gasteiger partial charge in [0.15, 0.2) is 0 Å². The highest BCUT2D eigenvalue weighted by Gasteiger charge is 2.12. The summed E-state index contributed by atoms with van der Waals surface area (Å²) >= 11 is 6.05. The molecule has 0 aliphatic carbocycles. The van der Waals surface area contributed by atoms with Gasteiger partial charge in [0.05, 0.1) is 28.5 Å². The summed E-state index contributed by atoms with van der Waals surface area (Å²) in [4.78, 5) is 4.56. The second-order valence-corrected chi connectivity index (χ2v) is 5.35. The van der Waals surface area contributed by atoms with Crippen LogP contribution in [0.2, 0.25) is 0 Å². The maximum atomic E-state index is 9.10. The molecule has 1 aromatic heterocycles. The number of fused-ring (bicyclic) bond motifs is 1. The molecule has 3 aromatic rings. The predicted molar refractivity (Wildman–Crippen MR) is 84.8 cm³/mol. The fourth-order valence-electron chi connectivity index (χ4n) is 2.44. The van der Waals surface area contributed by atoms with E-state index in [1.807, 2.05) is 16.7 Å². The molecule has 0 radical (unpaired) electrons. The van der Waals surface area contributed by atoms with Crippen molar-refractivity contribution < 1.29 is 0 Å². The lowest BCUT2D eigenvalue weighted by atomic mass is 10.1. The lowest BCUT2D eigenvalue weighted by molar-refractivity contribution is 0.978. The number of rotatable bonds is 2. The standard InChI is InChI=1S/C17H14ClN3/c1-11-3-5-14(7-12(11)2)21-16-8-13(10-19)4-6-15(16)20-17(21)9-18/h3-8H,9H2,1-2H3. The second kappa shape index (κ2) is 5.23. The van der Waals surface area contributed by atoms with Crippen LogP contribution < -0.4 is 0 Å². The third kappa shape index (κ3) is 2.28. The molecule has 0 saturated carbocycles. The van der Waals surface area contributed by atoms with E-state index in [9.17, 15) is 0 Å². The number of nitrogens with zero attached hydrogens (tertiary/aromatic N) is 3. The van der Waals surface area contributed by atoms with Crippen molar-refractivity contribution in [2.75, 3.05) is 0 Å². The summed E-state index contributed by atoms with van der Waals surface area (Å²) in [5.74, 6) is 1.11. The van der Waals surface area contributed by atoms with Gasteiger partial charge in [-0.05, 0) is 55.3 Å². The first-order valence-corrected chi connectivity index (χ1v) is 7.22. The third-order valence-corrected chi connectivity index (χ3v) is 3.96. The van der Waals surface area contributed by atoms with Gasteiger partial charge in [-0.25, -0.2) is 4.98 Å². The van der Waals surface area contributed by atoms with Gasteiger partial charge >= 0.3 is 0 Å². The Morgan fingerprint density at radius 1 is 1.14 bits per heavy atom. The Balaban J connectivity index is 2.33. The maximum absolute atomic E-state index is 9.10. The Labute approximate surface area is 128 Å². The van der Waals surface area contributed by atoms with Crippen molar-refractivity contribution in [2.24, 2.45) is 0 Å². The number of hydrogen-bond donors (Lipinski definition) is 0. The van der Waals surface area contributed by atoms with Crippen LogP contribution in [0.15, 0.2) is 36.4 Å². The van der Waals surface area contributed by atoms with Crippen molar-refractivity contribution in [3.63, 3.8) is 0 Å². The van der Waals surface area contributed by atoms with E-state index < -0.39 is 0 Å². The van der Waals surface area contributed by atoms with Gasteiger partial charge in [-0.2, -0.15) is 5.26 Å². The SMILES string of the molecule is Cc1ccc(-n2c(CCl)nc3ccc(C#N)cc32)cc1C. The highest BCUT2D eigenvalue weighted by molar-refractivity contribution is 6.17. The number of benzene rings is 2. The molecule has 0 saturated heterocycles. The van der Waals surface area contributed by atoms with Gasteiger partial charge in [-0.1, -0.05) is 6.07 Å². The number of hydrogen-bond acceptors (Lipinski definition) is 2. The first kappa shape index (κ1) is 13.7. The van der Waals surface area contributed by atoms with Crippen LogP contribution in [-0.4, -0.2) is 9.55 Å². The van der Waals surface area contributed by atoms with Crippen LogP contribution in [0.5, 0.6) is 0 Å². The molecule has 0 aliphatic heterocycles. The molecule has 4 heteroatoms. The smallest absolute Gasteiger partial charge is 0.129 e. The summed E-state index contributed by atoms with van der Waals surface area (Å²) in [5.41, 5.74) is 5.86. The van der Waals surface area contributed by atoms with E-state index in [1.54, 1.807) is 6.07 Å². The van der Waals surface area contributed by atoms with E-state index in [0.29, 0.717) is 11.4 Å². The lowest BCUT2D eigenvalue weighted by Crippen LogP contribution is -2.00. The number of imidazole rings is 1. The van der Waals surface area contributed by atoms with E-state index in [2.05, 4.69) is 43.1 Å². The van der Waals surface area contributed by atoms with Crippen molar-refractivity contribution in [3.05, 3.63) is 58.9 Å². The van der Waals surface area contributed by atoms with Crippen molar-refractivity contribution in [1.82, 2.24) is 9.55 Å². The van der Waals surface area contributed by atoms with Crippen LogP contribution in [0, 0.1) is 25.2 Å². The molecular weight excluding hydrogens is 282 g/mol. The van der Waals surface area contributed by atoms with Crippen LogP contribution in [0.4, 0.5) is 0 Å². The van der Waals surface area contributed by atoms with Crippen LogP contribution in [0.3, 0.4) is 0 Å². The van der Waals surface area contributed by atoms with Gasteiger partial charge in [0, 0.05) is 5.69 Å². The second-order valence-electron chi connectivity index (χ2n) is 5.08. The fourth-order valence-corrected chi connectivity index (χ4v) is 2.62. The molecule has 0 N–H and O–H groups in total. The van der Waals surface area contributed by atoms with Crippen LogP contribution in [0.25, 0.3) is 16.7 Å². The number of halogens is 1. The van der Waals surface area contributed by atoms with E-state index in [0.717, 1.165) is 22.5 Å². The summed E-state index contributed by atoms with van der Waals surface area (Å²) in [6, 6.07) is 13.9. The Morgan fingerprint density at radius 3 is 2.62 bits per heavy atom. The average molecular weight is 296 g/mol. The van der Waals surface area contributed by atoms with Crippen molar-refractivity contribution in [2.45, 2.75) is 19.7 Å². The topological polar surface area (TPSA) is 41.6 Å². The van der Waals surface area contributed by atoms with Gasteiger partial charge in [0.25, 0.3) is 0 Å². The molecule has 104 valence electrons. The van der Waals surface area contributed by atoms with Crippen molar-refractivity contribution in [1.29, 1.82) is 5.26 Å². The average Bonchev–Trinajstić information content (AvgIpc) is 2.87. The fraction of sp³-hybridized carbons (Fsp3) is 0.176. The predicted octanol–water partition coefficient (Wildman–Crippen LogP) is 4.25. The molecule has 0 amide bonds. The molecule has 2 aromatic carbocycles. The summed E-state index contributed by atoms with van der Waals surface area (Å²) < 4.78 is 2.02. The minimum Gasteiger partial charge on any atom is -0.295 e. The molecule has 0 spiro atoms. The number of alkyl halides is 1. The molecule has 1 heterocycles. The van der Waals surface area contributed by atoms with Gasteiger partial charge in [0.2, 0.25) is 0 Å². The summed E-state index contributed by atoms with van der Waals surface area (Å²) in [6.45, 7) is 4.17. The number of aromatic nitrogens is 2. The van der Waals surface area contributed by atoms with Crippen LogP contribution >= 0.6 is 11.6 Å². The molecule has 0 bridgehead atoms. The highest BCUT2D eigenvalue weighted by atomic mass is 35.5. The minimum absolute atomic E-state index is 0.323. The van der Waals surface area contributed by atoms with Gasteiger partial charge < -0.3 is 0 Å². The molecule has 0 fully saturated rings. The largest absolute Gasteiger partial charge is 0.295 e. The molecule has 0 aliphatic rings. The molecule has 0 atom stereocenters. The monoisotopic (exact) mass is 295 g/mol. The van der Waals surface area contributed by atoms with Gasteiger partial charge in [-0.15, -0.1) is 11.6 Å². The zero-order valence-electron chi connectivity index (χ0n) is 11.9. The highest BCUT2D eigenvalue weighted by Crippen LogP contribution is 2.25. The molecular formula is C17H14ClN3. The van der Waals surface area contributed by atoms with Crippen LogP contribution in [0.1, 0.15) is 22.5 Å². The van der Waals surface area contributed by atoms with E-state index in [1.165, 1.54) is 11.1 Å². The lowest BCUT2D eigenvalue weighted by Gasteiger charge is -2.10. The minimum atomic E-state index is 0.323. The van der Waals surface area contributed by atoms with Gasteiger partial charge in [0.1, 0.15) is 5.82 Å². The zero-order valence-corrected chi connectivity index (χ0v) is 12.6. The molecule has 3 rings (SSSR count). The van der Waals surface area contributed by atoms with E-state index in [4.69, 9.17) is 16.9 Å². The normalized spacial score (nSPS) is 10.8. The van der Waals surface area contributed by atoms with Crippen molar-refractivity contribution in [3.8, 4) is 11.8 Å². The molecule has 21 heavy (non-hydrogen) atoms. The number of nitriles is 1. The van der Waals surface area contributed by atoms with Crippen LogP contribution in [-0.2, 0) is 5.88 Å². The Hall–Kier alpha value is -2.31. The number of aryl methyl sites for hydroxylation is 2. The summed E-state index contributed by atoms with van der Waals surface area (Å²) in [5, 5.41) is 9.10. The Kier molecular flexibility index (Phi) is 3.40. The van der Waals surface area contributed by atoms with E-state index in [-0.39, 0.29) is 0 Å². The molecule has 0 unspecified atom stereocenters. The van der Waals surface area contributed by atoms with Gasteiger partial charge in [-0.3, -0.25) is 4.57 Å². The maximum Gasteiger partial charge on any atom is 0.129 e. The molecule has 3 nitrogen and oxygen atoms in total. The first-order valence-electron chi connectivity index (χ1n) is 6.69. The summed E-state index contributed by atoms with van der Waals surface area (Å²) in [6.07, 6.45) is 0.